The predicted octanol–water partition coefficient (Wildman–Crippen LogP) is 4.72. The van der Waals surface area contributed by atoms with Crippen LogP contribution in [-0.4, -0.2) is 19.7 Å². The third-order valence-corrected chi connectivity index (χ3v) is 5.60. The van der Waals surface area contributed by atoms with E-state index in [4.69, 9.17) is 9.47 Å². The summed E-state index contributed by atoms with van der Waals surface area (Å²) in [6.07, 6.45) is 2.34. The Morgan fingerprint density at radius 2 is 1.96 bits per heavy atom. The Kier molecular flexibility index (Phi) is 4.45. The van der Waals surface area contributed by atoms with Gasteiger partial charge >= 0.3 is 5.97 Å². The number of hydrogen-bond acceptors (Lipinski definition) is 4. The molecule has 2 aromatic carbocycles. The largest absolute Gasteiger partial charge is 0.465 e. The minimum atomic E-state index is -0.302. The molecule has 0 unspecified atom stereocenters. The van der Waals surface area contributed by atoms with Crippen LogP contribution in [0.5, 0.6) is 0 Å². The zero-order chi connectivity index (χ0) is 18.3. The van der Waals surface area contributed by atoms with Crippen LogP contribution in [0.4, 0.5) is 5.69 Å². The maximum absolute atomic E-state index is 11.7. The van der Waals surface area contributed by atoms with Gasteiger partial charge in [-0.1, -0.05) is 29.8 Å². The van der Waals surface area contributed by atoms with Gasteiger partial charge < -0.3 is 14.8 Å². The van der Waals surface area contributed by atoms with Gasteiger partial charge in [-0.05, 0) is 49.9 Å². The SMILES string of the molecule is COC(=O)c1ccc([C@H]2Nc3c(C)cc(C)cc3[C@H]3OCCC[C@@H]23)cc1. The first kappa shape index (κ1) is 17.1. The van der Waals surface area contributed by atoms with Gasteiger partial charge in [0.05, 0.1) is 24.8 Å². The number of ether oxygens (including phenoxy) is 2. The van der Waals surface area contributed by atoms with Crippen molar-refractivity contribution < 1.29 is 14.3 Å². The molecule has 0 saturated carbocycles. The van der Waals surface area contributed by atoms with Crippen LogP contribution in [0.2, 0.25) is 0 Å². The summed E-state index contributed by atoms with van der Waals surface area (Å²) in [6.45, 7) is 5.11. The van der Waals surface area contributed by atoms with Gasteiger partial charge in [0.25, 0.3) is 0 Å². The molecule has 136 valence electrons. The number of aryl methyl sites for hydroxylation is 2. The average molecular weight is 351 g/mol. The normalized spacial score (nSPS) is 24.2. The molecular formula is C22H25NO3. The van der Waals surface area contributed by atoms with Gasteiger partial charge in [-0.2, -0.15) is 0 Å². The lowest BCUT2D eigenvalue weighted by molar-refractivity contribution is -0.0382. The Bertz CT molecular complexity index is 828. The van der Waals surface area contributed by atoms with Crippen LogP contribution in [0, 0.1) is 19.8 Å². The number of carbonyl (C=O) groups excluding carboxylic acids is 1. The Balaban J connectivity index is 1.73. The quantitative estimate of drug-likeness (QED) is 0.795. The molecule has 1 N–H and O–H groups in total. The molecular weight excluding hydrogens is 326 g/mol. The van der Waals surface area contributed by atoms with Crippen LogP contribution < -0.4 is 5.32 Å². The number of methoxy groups -OCH3 is 1. The van der Waals surface area contributed by atoms with E-state index in [1.165, 1.54) is 35.1 Å². The van der Waals surface area contributed by atoms with Crippen molar-refractivity contribution in [3.63, 3.8) is 0 Å². The van der Waals surface area contributed by atoms with Crippen molar-refractivity contribution in [1.29, 1.82) is 0 Å². The molecule has 0 aliphatic carbocycles. The van der Waals surface area contributed by atoms with Crippen LogP contribution in [0.1, 0.15) is 57.6 Å². The minimum Gasteiger partial charge on any atom is -0.465 e. The predicted molar refractivity (Wildman–Crippen MR) is 101 cm³/mol. The number of benzene rings is 2. The first-order valence-corrected chi connectivity index (χ1v) is 9.26. The Morgan fingerprint density at radius 1 is 1.19 bits per heavy atom. The second kappa shape index (κ2) is 6.76. The summed E-state index contributed by atoms with van der Waals surface area (Å²) in [5.74, 6) is 0.0881. The molecule has 4 nitrogen and oxygen atoms in total. The maximum Gasteiger partial charge on any atom is 0.337 e. The fraction of sp³-hybridized carbons (Fsp3) is 0.409. The Labute approximate surface area is 154 Å². The van der Waals surface area contributed by atoms with Crippen LogP contribution >= 0.6 is 0 Å². The Morgan fingerprint density at radius 3 is 2.69 bits per heavy atom. The van der Waals surface area contributed by atoms with Gasteiger partial charge in [0.2, 0.25) is 0 Å². The summed E-state index contributed by atoms with van der Waals surface area (Å²) in [6, 6.07) is 12.4. The van der Waals surface area contributed by atoms with E-state index in [-0.39, 0.29) is 18.1 Å². The van der Waals surface area contributed by atoms with Crippen molar-refractivity contribution in [2.45, 2.75) is 38.8 Å². The number of rotatable bonds is 2. The highest BCUT2D eigenvalue weighted by atomic mass is 16.5. The molecule has 2 heterocycles. The van der Waals surface area contributed by atoms with E-state index in [9.17, 15) is 4.79 Å². The molecule has 0 amide bonds. The zero-order valence-electron chi connectivity index (χ0n) is 15.5. The summed E-state index contributed by atoms with van der Waals surface area (Å²) in [5.41, 5.74) is 6.77. The van der Waals surface area contributed by atoms with Crippen LogP contribution in [0.15, 0.2) is 36.4 Å². The van der Waals surface area contributed by atoms with Crippen LogP contribution in [-0.2, 0) is 9.47 Å². The van der Waals surface area contributed by atoms with Gasteiger partial charge in [0, 0.05) is 23.8 Å². The topological polar surface area (TPSA) is 47.6 Å². The molecule has 0 aromatic heterocycles. The van der Waals surface area contributed by atoms with E-state index in [1.54, 1.807) is 0 Å². The summed E-state index contributed by atoms with van der Waals surface area (Å²) in [4.78, 5) is 11.7. The molecule has 2 aromatic rings. The van der Waals surface area contributed by atoms with Gasteiger partial charge in [0.15, 0.2) is 0 Å². The van der Waals surface area contributed by atoms with E-state index in [1.807, 2.05) is 24.3 Å². The standard InChI is InChI=1S/C22H25NO3/c1-13-11-14(2)19-18(12-13)21-17(5-4-10-26-21)20(23-19)15-6-8-16(9-7-15)22(24)25-3/h6-9,11-12,17,20-21,23H,4-5,10H2,1-3H3/t17-,20+,21-/m0/s1. The van der Waals surface area contributed by atoms with Crippen molar-refractivity contribution in [3.8, 4) is 0 Å². The fourth-order valence-corrected chi connectivity index (χ4v) is 4.43. The zero-order valence-corrected chi connectivity index (χ0v) is 15.5. The van der Waals surface area contributed by atoms with Crippen molar-refractivity contribution in [1.82, 2.24) is 0 Å². The number of nitrogens with one attached hydrogen (secondary N) is 1. The van der Waals surface area contributed by atoms with E-state index in [2.05, 4.69) is 31.3 Å². The van der Waals surface area contributed by atoms with Gasteiger partial charge in [-0.3, -0.25) is 0 Å². The number of anilines is 1. The monoisotopic (exact) mass is 351 g/mol. The molecule has 26 heavy (non-hydrogen) atoms. The van der Waals surface area contributed by atoms with E-state index >= 15 is 0 Å². The Hall–Kier alpha value is -2.33. The van der Waals surface area contributed by atoms with Crippen molar-refractivity contribution in [3.05, 3.63) is 64.2 Å². The summed E-state index contributed by atoms with van der Waals surface area (Å²) >= 11 is 0. The number of hydrogen-bond donors (Lipinski definition) is 1. The highest BCUT2D eigenvalue weighted by Gasteiger charge is 2.40. The smallest absolute Gasteiger partial charge is 0.337 e. The van der Waals surface area contributed by atoms with E-state index < -0.39 is 0 Å². The second-order valence-corrected chi connectivity index (χ2v) is 7.38. The number of esters is 1. The average Bonchev–Trinajstić information content (AvgIpc) is 2.67. The molecule has 1 fully saturated rings. The molecule has 4 rings (SSSR count). The summed E-state index contributed by atoms with van der Waals surface area (Å²) in [5, 5.41) is 3.77. The summed E-state index contributed by atoms with van der Waals surface area (Å²) in [7, 11) is 1.41. The lowest BCUT2D eigenvalue weighted by Gasteiger charge is -2.44. The number of carbonyl (C=O) groups is 1. The van der Waals surface area contributed by atoms with Crippen LogP contribution in [0.25, 0.3) is 0 Å². The molecule has 0 radical (unpaired) electrons. The van der Waals surface area contributed by atoms with Gasteiger partial charge in [0.1, 0.15) is 0 Å². The molecule has 2 aliphatic heterocycles. The first-order chi connectivity index (χ1) is 12.6. The molecule has 0 bridgehead atoms. The van der Waals surface area contributed by atoms with Crippen LogP contribution in [0.3, 0.4) is 0 Å². The minimum absolute atomic E-state index is 0.129. The highest BCUT2D eigenvalue weighted by molar-refractivity contribution is 5.89. The molecule has 4 heteroatoms. The number of fused-ring (bicyclic) bond motifs is 3. The van der Waals surface area contributed by atoms with Crippen molar-refractivity contribution in [2.24, 2.45) is 5.92 Å². The third kappa shape index (κ3) is 2.88. The fourth-order valence-electron chi connectivity index (χ4n) is 4.43. The van der Waals surface area contributed by atoms with Gasteiger partial charge in [-0.15, -0.1) is 0 Å². The molecule has 2 aliphatic rings. The molecule has 0 spiro atoms. The van der Waals surface area contributed by atoms with Gasteiger partial charge in [-0.25, -0.2) is 4.79 Å². The van der Waals surface area contributed by atoms with E-state index in [0.717, 1.165) is 19.4 Å². The van der Waals surface area contributed by atoms with Crippen molar-refractivity contribution >= 4 is 11.7 Å². The second-order valence-electron chi connectivity index (χ2n) is 7.38. The summed E-state index contributed by atoms with van der Waals surface area (Å²) < 4.78 is 11.0. The highest BCUT2D eigenvalue weighted by Crippen LogP contribution is 2.50. The lowest BCUT2D eigenvalue weighted by Crippen LogP contribution is -2.36. The lowest BCUT2D eigenvalue weighted by atomic mass is 9.76. The van der Waals surface area contributed by atoms with E-state index in [0.29, 0.717) is 11.5 Å². The third-order valence-electron chi connectivity index (χ3n) is 5.60. The first-order valence-electron chi connectivity index (χ1n) is 9.26. The molecule has 1 saturated heterocycles. The molecule has 3 atom stereocenters. The van der Waals surface area contributed by atoms with Crippen molar-refractivity contribution in [2.75, 3.05) is 19.0 Å². The maximum atomic E-state index is 11.7.